The second kappa shape index (κ2) is 8.23. The van der Waals surface area contributed by atoms with Crippen LogP contribution >= 0.6 is 11.6 Å². The number of ether oxygens (including phenoxy) is 2. The highest BCUT2D eigenvalue weighted by atomic mass is 35.5. The van der Waals surface area contributed by atoms with Gasteiger partial charge in [-0.05, 0) is 6.92 Å². The molecule has 2 N–H and O–H groups in total. The van der Waals surface area contributed by atoms with Crippen LogP contribution in [0.15, 0.2) is 24.5 Å². The average molecular weight is 397 g/mol. The molecular formula is C16H15ClF2N6O2. The van der Waals surface area contributed by atoms with Gasteiger partial charge in [0, 0.05) is 24.9 Å². The van der Waals surface area contributed by atoms with Crippen LogP contribution in [-0.2, 0) is 4.74 Å². The van der Waals surface area contributed by atoms with E-state index in [4.69, 9.17) is 21.1 Å². The van der Waals surface area contributed by atoms with E-state index < -0.39 is 17.7 Å². The molecule has 142 valence electrons. The van der Waals surface area contributed by atoms with Crippen molar-refractivity contribution in [1.82, 2.24) is 25.1 Å². The third-order valence-electron chi connectivity index (χ3n) is 3.38. The first-order valence-electron chi connectivity index (χ1n) is 7.74. The van der Waals surface area contributed by atoms with E-state index in [0.29, 0.717) is 11.9 Å². The summed E-state index contributed by atoms with van der Waals surface area (Å²) in [4.78, 5) is 11.9. The summed E-state index contributed by atoms with van der Waals surface area (Å²) in [5.74, 6) is -0.914. The first-order chi connectivity index (χ1) is 13.0. The van der Waals surface area contributed by atoms with Crippen LogP contribution in [-0.4, -0.2) is 38.9 Å². The van der Waals surface area contributed by atoms with Gasteiger partial charge < -0.3 is 14.8 Å². The van der Waals surface area contributed by atoms with Crippen LogP contribution < -0.4 is 10.1 Å². The van der Waals surface area contributed by atoms with E-state index in [-0.39, 0.29) is 29.2 Å². The monoisotopic (exact) mass is 396 g/mol. The minimum absolute atomic E-state index is 0.0527. The molecule has 0 fully saturated rings. The molecule has 0 aliphatic carbocycles. The summed E-state index contributed by atoms with van der Waals surface area (Å²) in [5, 5.41) is 9.96. The van der Waals surface area contributed by atoms with Crippen LogP contribution in [0.2, 0.25) is 5.02 Å². The van der Waals surface area contributed by atoms with E-state index in [1.807, 2.05) is 6.92 Å². The molecule has 27 heavy (non-hydrogen) atoms. The van der Waals surface area contributed by atoms with Crippen LogP contribution in [0.5, 0.6) is 6.01 Å². The van der Waals surface area contributed by atoms with Gasteiger partial charge in [-0.3, -0.25) is 10.1 Å². The average Bonchev–Trinajstić information content (AvgIpc) is 3.02. The number of H-pyrrole nitrogens is 1. The van der Waals surface area contributed by atoms with Gasteiger partial charge >= 0.3 is 6.01 Å². The van der Waals surface area contributed by atoms with Crippen molar-refractivity contribution >= 4 is 23.2 Å². The third kappa shape index (κ3) is 4.66. The summed E-state index contributed by atoms with van der Waals surface area (Å²) < 4.78 is 37.8. The number of rotatable bonds is 7. The van der Waals surface area contributed by atoms with Crippen molar-refractivity contribution in [1.29, 1.82) is 0 Å². The molecule has 3 aromatic heterocycles. The lowest BCUT2D eigenvalue weighted by molar-refractivity contribution is 0.0693. The van der Waals surface area contributed by atoms with Gasteiger partial charge in [-0.2, -0.15) is 10.1 Å². The normalized spacial score (nSPS) is 12.0. The fourth-order valence-corrected chi connectivity index (χ4v) is 2.35. The zero-order valence-electron chi connectivity index (χ0n) is 14.3. The van der Waals surface area contributed by atoms with Crippen molar-refractivity contribution in [3.05, 3.63) is 52.6 Å². The number of nitrogens with one attached hydrogen (secondary N) is 2. The van der Waals surface area contributed by atoms with E-state index in [1.165, 1.54) is 13.3 Å². The standard InChI is InChI=1S/C16H15ClF2N6O2/c1-8-3-13(25-24-8)22-15-10(17)6-21-16(23-15)27-12(7-26-2)14-11(19)4-9(18)5-20-14/h3-6,12H,7H2,1-2H3,(H2,21,22,23,24,25)/t12-/m0/s1. The van der Waals surface area contributed by atoms with Gasteiger partial charge in [0.15, 0.2) is 23.6 Å². The second-order valence-corrected chi connectivity index (χ2v) is 5.90. The number of pyridine rings is 1. The molecular weight excluding hydrogens is 382 g/mol. The second-order valence-electron chi connectivity index (χ2n) is 5.49. The van der Waals surface area contributed by atoms with Gasteiger partial charge in [0.1, 0.15) is 16.5 Å². The predicted octanol–water partition coefficient (Wildman–Crippen LogP) is 3.34. The minimum Gasteiger partial charge on any atom is -0.451 e. The molecule has 0 radical (unpaired) electrons. The third-order valence-corrected chi connectivity index (χ3v) is 3.66. The summed E-state index contributed by atoms with van der Waals surface area (Å²) in [6.07, 6.45) is 1.22. The Balaban J connectivity index is 1.84. The van der Waals surface area contributed by atoms with Crippen molar-refractivity contribution in [3.63, 3.8) is 0 Å². The van der Waals surface area contributed by atoms with Crippen LogP contribution in [0.1, 0.15) is 17.5 Å². The highest BCUT2D eigenvalue weighted by Gasteiger charge is 2.22. The highest BCUT2D eigenvalue weighted by molar-refractivity contribution is 6.32. The number of nitrogens with zero attached hydrogens (tertiary/aromatic N) is 4. The summed E-state index contributed by atoms with van der Waals surface area (Å²) >= 11 is 6.09. The molecule has 3 heterocycles. The fourth-order valence-electron chi connectivity index (χ4n) is 2.21. The number of aromatic amines is 1. The number of anilines is 2. The van der Waals surface area contributed by atoms with E-state index in [9.17, 15) is 8.78 Å². The molecule has 0 bridgehead atoms. The molecule has 11 heteroatoms. The Bertz CT molecular complexity index is 939. The van der Waals surface area contributed by atoms with Gasteiger partial charge in [0.2, 0.25) is 0 Å². The number of aryl methyl sites for hydroxylation is 1. The number of methoxy groups -OCH3 is 1. The molecule has 3 rings (SSSR count). The van der Waals surface area contributed by atoms with Crippen molar-refractivity contribution < 1.29 is 18.3 Å². The maximum absolute atomic E-state index is 14.0. The first-order valence-corrected chi connectivity index (χ1v) is 8.12. The smallest absolute Gasteiger partial charge is 0.319 e. The van der Waals surface area contributed by atoms with Gasteiger partial charge in [-0.1, -0.05) is 11.6 Å². The first kappa shape index (κ1) is 18.9. The van der Waals surface area contributed by atoms with Crippen LogP contribution in [0.3, 0.4) is 0 Å². The highest BCUT2D eigenvalue weighted by Crippen LogP contribution is 2.26. The van der Waals surface area contributed by atoms with Crippen molar-refractivity contribution in [2.45, 2.75) is 13.0 Å². The lowest BCUT2D eigenvalue weighted by Gasteiger charge is -2.17. The van der Waals surface area contributed by atoms with E-state index >= 15 is 0 Å². The molecule has 3 aromatic rings. The Morgan fingerprint density at radius 1 is 1.26 bits per heavy atom. The van der Waals surface area contributed by atoms with Gasteiger partial charge in [0.05, 0.1) is 19.0 Å². The molecule has 0 aliphatic rings. The minimum atomic E-state index is -0.989. The molecule has 0 spiro atoms. The molecule has 0 saturated carbocycles. The van der Waals surface area contributed by atoms with Crippen molar-refractivity contribution in [2.75, 3.05) is 19.0 Å². The topological polar surface area (TPSA) is 97.8 Å². The lowest BCUT2D eigenvalue weighted by atomic mass is 10.2. The van der Waals surface area contributed by atoms with Gasteiger partial charge in [0.25, 0.3) is 0 Å². The van der Waals surface area contributed by atoms with E-state index in [0.717, 1.165) is 11.9 Å². The van der Waals surface area contributed by atoms with Crippen LogP contribution in [0.4, 0.5) is 20.4 Å². The number of halogens is 3. The molecule has 0 unspecified atom stereocenters. The summed E-state index contributed by atoms with van der Waals surface area (Å²) in [7, 11) is 1.41. The van der Waals surface area contributed by atoms with E-state index in [2.05, 4.69) is 30.5 Å². The number of hydrogen-bond donors (Lipinski definition) is 2. The van der Waals surface area contributed by atoms with Gasteiger partial charge in [-0.15, -0.1) is 0 Å². The summed E-state index contributed by atoms with van der Waals surface area (Å²) in [6, 6.07) is 2.37. The quantitative estimate of drug-likeness (QED) is 0.632. The molecule has 0 amide bonds. The van der Waals surface area contributed by atoms with E-state index in [1.54, 1.807) is 6.07 Å². The Morgan fingerprint density at radius 3 is 2.74 bits per heavy atom. The van der Waals surface area contributed by atoms with Gasteiger partial charge in [-0.25, -0.2) is 13.8 Å². The van der Waals surface area contributed by atoms with Crippen molar-refractivity contribution in [2.24, 2.45) is 0 Å². The molecule has 0 aliphatic heterocycles. The molecule has 0 saturated heterocycles. The largest absolute Gasteiger partial charge is 0.451 e. The van der Waals surface area contributed by atoms with Crippen molar-refractivity contribution in [3.8, 4) is 6.01 Å². The Labute approximate surface area is 157 Å². The lowest BCUT2D eigenvalue weighted by Crippen LogP contribution is -2.18. The molecule has 1 atom stereocenters. The summed E-state index contributed by atoms with van der Waals surface area (Å²) in [6.45, 7) is 1.79. The van der Waals surface area contributed by atoms with Crippen LogP contribution in [0, 0.1) is 18.6 Å². The number of aromatic nitrogens is 5. The maximum atomic E-state index is 14.0. The zero-order valence-corrected chi connectivity index (χ0v) is 15.1. The van der Waals surface area contributed by atoms with Crippen LogP contribution in [0.25, 0.3) is 0 Å². The molecule has 8 nitrogen and oxygen atoms in total. The number of hydrogen-bond acceptors (Lipinski definition) is 7. The summed E-state index contributed by atoms with van der Waals surface area (Å²) in [5.41, 5.74) is 0.714. The Hall–Kier alpha value is -2.85. The zero-order chi connectivity index (χ0) is 19.4. The fraction of sp³-hybridized carbons (Fsp3) is 0.250. The Kier molecular flexibility index (Phi) is 5.77. The maximum Gasteiger partial charge on any atom is 0.319 e. The predicted molar refractivity (Wildman–Crippen MR) is 93.0 cm³/mol. The SMILES string of the molecule is COC[C@H](Oc1ncc(Cl)c(Nc2cc(C)[nH]n2)n1)c1ncc(F)cc1F. The Morgan fingerprint density at radius 2 is 2.07 bits per heavy atom. The molecule has 0 aromatic carbocycles.